The predicted molar refractivity (Wildman–Crippen MR) is 39.2 cm³/mol. The third-order valence-electron chi connectivity index (χ3n) is 1.00. The largest absolute Gasteiger partial charge is 0.498 e. The first-order chi connectivity index (χ1) is 5.18. The molecule has 0 spiro atoms. The van der Waals surface area contributed by atoms with Crippen LogP contribution in [0.5, 0.6) is 0 Å². The van der Waals surface area contributed by atoms with Crippen LogP contribution in [0.3, 0.4) is 0 Å². The van der Waals surface area contributed by atoms with Crippen molar-refractivity contribution < 1.29 is 19.4 Å². The van der Waals surface area contributed by atoms with Crippen LogP contribution in [-0.2, 0) is 14.3 Å². The van der Waals surface area contributed by atoms with Gasteiger partial charge in [-0.05, 0) is 6.92 Å². The summed E-state index contributed by atoms with van der Waals surface area (Å²) >= 11 is 0. The van der Waals surface area contributed by atoms with Gasteiger partial charge in [-0.3, -0.25) is 0 Å². The molecule has 0 rings (SSSR count). The number of carboxylic acid groups (broad SMARTS) is 1. The lowest BCUT2D eigenvalue weighted by atomic mass is 10.3. The van der Waals surface area contributed by atoms with Gasteiger partial charge in [0.1, 0.15) is 6.61 Å². The van der Waals surface area contributed by atoms with Crippen molar-refractivity contribution in [3.05, 3.63) is 11.8 Å². The molecule has 0 aliphatic carbocycles. The number of ether oxygens (including phenoxy) is 2. The monoisotopic (exact) mass is 160 g/mol. The molecule has 0 aliphatic heterocycles. The first-order valence-electron chi connectivity index (χ1n) is 3.19. The Balaban J connectivity index is 3.48. The van der Waals surface area contributed by atoms with Crippen LogP contribution in [0.2, 0.25) is 0 Å². The van der Waals surface area contributed by atoms with Crippen LogP contribution >= 0.6 is 0 Å². The molecule has 0 aliphatic rings. The lowest BCUT2D eigenvalue weighted by Crippen LogP contribution is -2.00. The summed E-state index contributed by atoms with van der Waals surface area (Å²) in [6, 6.07) is 0. The van der Waals surface area contributed by atoms with Gasteiger partial charge in [-0.2, -0.15) is 0 Å². The van der Waals surface area contributed by atoms with Gasteiger partial charge in [-0.25, -0.2) is 4.79 Å². The van der Waals surface area contributed by atoms with E-state index >= 15 is 0 Å². The molecule has 0 saturated heterocycles. The molecule has 11 heavy (non-hydrogen) atoms. The first kappa shape index (κ1) is 9.97. The standard InChI is InChI=1S/C7H12O4/c1-6(7(8)9)5-11-4-3-10-2/h5H,3-4H2,1-2H3,(H,8,9)/b6-5+. The van der Waals surface area contributed by atoms with Gasteiger partial charge in [0.15, 0.2) is 0 Å². The summed E-state index contributed by atoms with van der Waals surface area (Å²) < 4.78 is 9.51. The number of hydrogen-bond acceptors (Lipinski definition) is 3. The number of hydrogen-bond donors (Lipinski definition) is 1. The maximum atomic E-state index is 10.2. The summed E-state index contributed by atoms with van der Waals surface area (Å²) in [6.45, 7) is 2.31. The number of aliphatic carboxylic acids is 1. The SMILES string of the molecule is COCCO/C=C(\C)C(=O)O. The van der Waals surface area contributed by atoms with E-state index in [4.69, 9.17) is 9.84 Å². The minimum Gasteiger partial charge on any atom is -0.498 e. The van der Waals surface area contributed by atoms with Crippen LogP contribution in [0.4, 0.5) is 0 Å². The number of carboxylic acids is 1. The quantitative estimate of drug-likeness (QED) is 0.364. The molecule has 0 unspecified atom stereocenters. The molecule has 0 atom stereocenters. The average molecular weight is 160 g/mol. The van der Waals surface area contributed by atoms with Gasteiger partial charge in [0, 0.05) is 7.11 Å². The lowest BCUT2D eigenvalue weighted by molar-refractivity contribution is -0.132. The van der Waals surface area contributed by atoms with Crippen molar-refractivity contribution >= 4 is 5.97 Å². The average Bonchev–Trinajstić information content (AvgIpc) is 1.97. The smallest absolute Gasteiger partial charge is 0.334 e. The van der Waals surface area contributed by atoms with Crippen molar-refractivity contribution in [3.63, 3.8) is 0 Å². The zero-order valence-electron chi connectivity index (χ0n) is 6.66. The van der Waals surface area contributed by atoms with E-state index < -0.39 is 5.97 Å². The van der Waals surface area contributed by atoms with Crippen LogP contribution in [0, 0.1) is 0 Å². The van der Waals surface area contributed by atoms with Crippen LogP contribution in [0.25, 0.3) is 0 Å². The summed E-state index contributed by atoms with van der Waals surface area (Å²) in [6.07, 6.45) is 1.21. The van der Waals surface area contributed by atoms with Crippen molar-refractivity contribution in [2.75, 3.05) is 20.3 Å². The van der Waals surface area contributed by atoms with E-state index in [0.29, 0.717) is 13.2 Å². The highest BCUT2D eigenvalue weighted by atomic mass is 16.5. The van der Waals surface area contributed by atoms with E-state index in [1.165, 1.54) is 13.2 Å². The van der Waals surface area contributed by atoms with Gasteiger partial charge in [0.2, 0.25) is 0 Å². The van der Waals surface area contributed by atoms with E-state index in [1.54, 1.807) is 7.11 Å². The second-order valence-electron chi connectivity index (χ2n) is 1.97. The molecule has 0 radical (unpaired) electrons. The molecule has 0 amide bonds. The molecule has 0 fully saturated rings. The maximum Gasteiger partial charge on any atom is 0.334 e. The number of methoxy groups -OCH3 is 1. The molecule has 4 heteroatoms. The first-order valence-corrected chi connectivity index (χ1v) is 3.19. The molecule has 0 bridgehead atoms. The van der Waals surface area contributed by atoms with Crippen molar-refractivity contribution in [1.29, 1.82) is 0 Å². The van der Waals surface area contributed by atoms with Crippen LogP contribution < -0.4 is 0 Å². The molecule has 4 nitrogen and oxygen atoms in total. The van der Waals surface area contributed by atoms with E-state index in [2.05, 4.69) is 4.74 Å². The fraction of sp³-hybridized carbons (Fsp3) is 0.571. The molecular weight excluding hydrogens is 148 g/mol. The number of rotatable bonds is 5. The highest BCUT2D eigenvalue weighted by Gasteiger charge is 1.97. The van der Waals surface area contributed by atoms with Crippen molar-refractivity contribution in [3.8, 4) is 0 Å². The van der Waals surface area contributed by atoms with Crippen LogP contribution in [0.1, 0.15) is 6.92 Å². The zero-order valence-corrected chi connectivity index (χ0v) is 6.66. The van der Waals surface area contributed by atoms with Crippen molar-refractivity contribution in [2.24, 2.45) is 0 Å². The lowest BCUT2D eigenvalue weighted by Gasteiger charge is -1.99. The molecule has 0 aromatic heterocycles. The molecule has 0 aromatic carbocycles. The van der Waals surface area contributed by atoms with Crippen molar-refractivity contribution in [2.45, 2.75) is 6.92 Å². The van der Waals surface area contributed by atoms with Gasteiger partial charge in [-0.15, -0.1) is 0 Å². The Labute approximate surface area is 65.4 Å². The van der Waals surface area contributed by atoms with E-state index in [1.807, 2.05) is 0 Å². The van der Waals surface area contributed by atoms with Crippen LogP contribution in [-0.4, -0.2) is 31.4 Å². The molecule has 0 heterocycles. The minimum atomic E-state index is -0.970. The Morgan fingerprint density at radius 1 is 1.55 bits per heavy atom. The summed E-state index contributed by atoms with van der Waals surface area (Å²) in [5.41, 5.74) is 0.182. The Morgan fingerprint density at radius 2 is 2.18 bits per heavy atom. The Bertz CT molecular complexity index is 151. The van der Waals surface area contributed by atoms with E-state index in [0.717, 1.165) is 0 Å². The minimum absolute atomic E-state index is 0.182. The molecule has 1 N–H and O–H groups in total. The summed E-state index contributed by atoms with van der Waals surface area (Å²) in [5.74, 6) is -0.970. The van der Waals surface area contributed by atoms with Gasteiger partial charge in [0.25, 0.3) is 0 Å². The normalized spacial score (nSPS) is 11.3. The van der Waals surface area contributed by atoms with Crippen LogP contribution in [0.15, 0.2) is 11.8 Å². The number of carbonyl (C=O) groups is 1. The van der Waals surface area contributed by atoms with Crippen molar-refractivity contribution in [1.82, 2.24) is 0 Å². The van der Waals surface area contributed by atoms with Gasteiger partial charge >= 0.3 is 5.97 Å². The summed E-state index contributed by atoms with van der Waals surface area (Å²) in [7, 11) is 1.55. The zero-order chi connectivity index (χ0) is 8.69. The molecule has 64 valence electrons. The van der Waals surface area contributed by atoms with E-state index in [-0.39, 0.29) is 5.57 Å². The summed E-state index contributed by atoms with van der Waals surface area (Å²) in [4.78, 5) is 10.2. The van der Waals surface area contributed by atoms with E-state index in [9.17, 15) is 4.79 Å². The highest BCUT2D eigenvalue weighted by molar-refractivity contribution is 5.85. The Hall–Kier alpha value is -1.03. The molecular formula is C7H12O4. The maximum absolute atomic E-state index is 10.2. The third-order valence-corrected chi connectivity index (χ3v) is 1.00. The topological polar surface area (TPSA) is 55.8 Å². The fourth-order valence-electron chi connectivity index (χ4n) is 0.366. The fourth-order valence-corrected chi connectivity index (χ4v) is 0.366. The second kappa shape index (κ2) is 5.73. The van der Waals surface area contributed by atoms with Gasteiger partial charge in [0.05, 0.1) is 18.4 Å². The van der Waals surface area contributed by atoms with Gasteiger partial charge < -0.3 is 14.6 Å². The highest BCUT2D eigenvalue weighted by Crippen LogP contribution is 1.91. The second-order valence-corrected chi connectivity index (χ2v) is 1.97. The Morgan fingerprint density at radius 3 is 2.64 bits per heavy atom. The Kier molecular flexibility index (Phi) is 5.20. The third kappa shape index (κ3) is 5.42. The summed E-state index contributed by atoms with van der Waals surface area (Å²) in [5, 5.41) is 8.36. The predicted octanol–water partition coefficient (Wildman–Crippen LogP) is 0.638. The molecule has 0 saturated carbocycles. The molecule has 0 aromatic rings. The van der Waals surface area contributed by atoms with Gasteiger partial charge in [-0.1, -0.05) is 0 Å².